The average Bonchev–Trinajstić information content (AvgIpc) is 2.95. The molecule has 0 aliphatic heterocycles. The summed E-state index contributed by atoms with van der Waals surface area (Å²) >= 11 is 0. The highest BCUT2D eigenvalue weighted by Gasteiger charge is 2.28. The summed E-state index contributed by atoms with van der Waals surface area (Å²) in [5, 5.41) is 0. The molecule has 0 radical (unpaired) electrons. The van der Waals surface area contributed by atoms with E-state index in [4.69, 9.17) is 14.2 Å². The van der Waals surface area contributed by atoms with Gasteiger partial charge in [-0.25, -0.2) is 14.4 Å². The van der Waals surface area contributed by atoms with Crippen LogP contribution < -0.4 is 0 Å². The van der Waals surface area contributed by atoms with Gasteiger partial charge in [-0.1, -0.05) is 6.07 Å². The second kappa shape index (κ2) is 8.84. The Morgan fingerprint density at radius 1 is 0.923 bits per heavy atom. The molecule has 0 aliphatic rings. The number of ether oxygens (including phenoxy) is 3. The second-order valence-electron chi connectivity index (χ2n) is 5.12. The van der Waals surface area contributed by atoms with Gasteiger partial charge in [-0.15, -0.1) is 0 Å². The highest BCUT2D eigenvalue weighted by molar-refractivity contribution is 6.11. The van der Waals surface area contributed by atoms with Gasteiger partial charge in [0.1, 0.15) is 11.1 Å². The lowest BCUT2D eigenvalue weighted by Gasteiger charge is -2.05. The maximum atomic E-state index is 12.5. The number of carbonyl (C=O) groups is 3. The molecule has 0 fully saturated rings. The Labute approximate surface area is 151 Å². The molecule has 0 spiro atoms. The zero-order valence-corrected chi connectivity index (χ0v) is 15.0. The number of hydrogen-bond acceptors (Lipinski definition) is 6. The number of esters is 3. The van der Waals surface area contributed by atoms with Gasteiger partial charge in [0.15, 0.2) is 0 Å². The van der Waals surface area contributed by atoms with Crippen molar-refractivity contribution in [1.82, 2.24) is 4.40 Å². The predicted octanol–water partition coefficient (Wildman–Crippen LogP) is 2.87. The molecule has 26 heavy (non-hydrogen) atoms. The molecule has 7 heteroatoms. The number of aromatic nitrogens is 1. The molecule has 7 nitrogen and oxygen atoms in total. The fraction of sp³-hybridized carbons (Fsp3) is 0.316. The van der Waals surface area contributed by atoms with Crippen LogP contribution in [0, 0.1) is 0 Å². The molecular formula is C19H21NO6. The fourth-order valence-corrected chi connectivity index (χ4v) is 2.55. The van der Waals surface area contributed by atoms with Crippen LogP contribution in [0.5, 0.6) is 0 Å². The first-order valence-electron chi connectivity index (χ1n) is 8.37. The van der Waals surface area contributed by atoms with Gasteiger partial charge in [-0.3, -0.25) is 0 Å². The van der Waals surface area contributed by atoms with Crippen LogP contribution in [0.1, 0.15) is 47.2 Å². The average molecular weight is 359 g/mol. The minimum absolute atomic E-state index is 0.0528. The first-order chi connectivity index (χ1) is 12.5. The van der Waals surface area contributed by atoms with E-state index in [2.05, 4.69) is 0 Å². The number of pyridine rings is 1. The van der Waals surface area contributed by atoms with Crippen molar-refractivity contribution in [3.63, 3.8) is 0 Å². The molecule has 2 rings (SSSR count). The SMILES string of the molecule is CCOC(=O)/C=C/c1c(C(=O)OCC)c(C(=O)OCC)c2ccccn12. The molecule has 0 saturated heterocycles. The van der Waals surface area contributed by atoms with E-state index in [1.807, 2.05) is 0 Å². The lowest BCUT2D eigenvalue weighted by molar-refractivity contribution is -0.137. The van der Waals surface area contributed by atoms with E-state index < -0.39 is 17.9 Å². The Bertz CT molecular complexity index is 849. The molecule has 0 N–H and O–H groups in total. The van der Waals surface area contributed by atoms with E-state index in [1.54, 1.807) is 49.6 Å². The highest BCUT2D eigenvalue weighted by Crippen LogP contribution is 2.27. The van der Waals surface area contributed by atoms with Crippen molar-refractivity contribution in [2.75, 3.05) is 19.8 Å². The van der Waals surface area contributed by atoms with Gasteiger partial charge >= 0.3 is 17.9 Å². The van der Waals surface area contributed by atoms with E-state index in [0.29, 0.717) is 11.2 Å². The summed E-state index contributed by atoms with van der Waals surface area (Å²) in [6, 6.07) is 5.18. The smallest absolute Gasteiger partial charge is 0.341 e. The van der Waals surface area contributed by atoms with Gasteiger partial charge in [-0.05, 0) is 39.0 Å². The van der Waals surface area contributed by atoms with E-state index in [9.17, 15) is 14.4 Å². The minimum Gasteiger partial charge on any atom is -0.463 e. The lowest BCUT2D eigenvalue weighted by Crippen LogP contribution is -2.13. The Morgan fingerprint density at radius 3 is 2.15 bits per heavy atom. The summed E-state index contributed by atoms with van der Waals surface area (Å²) in [5.41, 5.74) is 0.985. The summed E-state index contributed by atoms with van der Waals surface area (Å²) in [7, 11) is 0. The molecule has 2 heterocycles. The van der Waals surface area contributed by atoms with Gasteiger partial charge in [0.2, 0.25) is 0 Å². The standard InChI is InChI=1S/C19H21NO6/c1-4-24-15(21)11-10-14-17(19(23)26-6-3)16(18(22)25-5-2)13-9-7-8-12-20(13)14/h7-12H,4-6H2,1-3H3/b11-10+. The van der Waals surface area contributed by atoms with Crippen LogP contribution in [0.25, 0.3) is 11.6 Å². The number of hydrogen-bond donors (Lipinski definition) is 0. The van der Waals surface area contributed by atoms with Gasteiger partial charge in [0, 0.05) is 12.3 Å². The molecule has 2 aromatic rings. The van der Waals surface area contributed by atoms with Crippen molar-refractivity contribution >= 4 is 29.5 Å². The van der Waals surface area contributed by atoms with Crippen LogP contribution in [-0.2, 0) is 19.0 Å². The van der Waals surface area contributed by atoms with Crippen molar-refractivity contribution in [3.8, 4) is 0 Å². The van der Waals surface area contributed by atoms with Gasteiger partial charge < -0.3 is 18.6 Å². The summed E-state index contributed by atoms with van der Waals surface area (Å²) in [5.74, 6) is -1.84. The summed E-state index contributed by atoms with van der Waals surface area (Å²) in [6.45, 7) is 5.60. The predicted molar refractivity (Wildman–Crippen MR) is 95.0 cm³/mol. The van der Waals surface area contributed by atoms with Crippen molar-refractivity contribution in [2.24, 2.45) is 0 Å². The van der Waals surface area contributed by atoms with Crippen molar-refractivity contribution in [3.05, 3.63) is 47.3 Å². The topological polar surface area (TPSA) is 83.3 Å². The monoisotopic (exact) mass is 359 g/mol. The molecule has 0 unspecified atom stereocenters. The Balaban J connectivity index is 2.71. The van der Waals surface area contributed by atoms with Gasteiger partial charge in [0.25, 0.3) is 0 Å². The van der Waals surface area contributed by atoms with E-state index in [1.165, 1.54) is 12.2 Å². The first-order valence-corrected chi connectivity index (χ1v) is 8.37. The largest absolute Gasteiger partial charge is 0.463 e. The van der Waals surface area contributed by atoms with Gasteiger partial charge in [-0.2, -0.15) is 0 Å². The quantitative estimate of drug-likeness (QED) is 0.429. The van der Waals surface area contributed by atoms with Crippen molar-refractivity contribution in [1.29, 1.82) is 0 Å². The Morgan fingerprint density at radius 2 is 1.54 bits per heavy atom. The summed E-state index contributed by atoms with van der Waals surface area (Å²) in [6.07, 6.45) is 4.32. The Kier molecular flexibility index (Phi) is 6.54. The molecule has 0 bridgehead atoms. The summed E-state index contributed by atoms with van der Waals surface area (Å²) in [4.78, 5) is 36.7. The van der Waals surface area contributed by atoms with Crippen LogP contribution in [0.3, 0.4) is 0 Å². The Hall–Kier alpha value is -3.09. The van der Waals surface area contributed by atoms with E-state index in [-0.39, 0.29) is 30.9 Å². The van der Waals surface area contributed by atoms with Gasteiger partial charge in [0.05, 0.1) is 31.0 Å². The number of rotatable bonds is 7. The molecule has 0 amide bonds. The molecule has 0 aromatic carbocycles. The first kappa shape index (κ1) is 19.2. The van der Waals surface area contributed by atoms with Crippen LogP contribution in [0.4, 0.5) is 0 Å². The van der Waals surface area contributed by atoms with Crippen LogP contribution in [0.2, 0.25) is 0 Å². The molecule has 138 valence electrons. The lowest BCUT2D eigenvalue weighted by atomic mass is 10.1. The third-order valence-corrected chi connectivity index (χ3v) is 3.50. The molecule has 0 aliphatic carbocycles. The molecule has 0 atom stereocenters. The zero-order valence-electron chi connectivity index (χ0n) is 15.0. The molecule has 2 aromatic heterocycles. The van der Waals surface area contributed by atoms with Crippen LogP contribution in [0.15, 0.2) is 30.5 Å². The number of fused-ring (bicyclic) bond motifs is 1. The van der Waals surface area contributed by atoms with E-state index >= 15 is 0 Å². The maximum Gasteiger partial charge on any atom is 0.341 e. The van der Waals surface area contributed by atoms with Crippen molar-refractivity contribution < 1.29 is 28.6 Å². The normalized spacial score (nSPS) is 10.9. The van der Waals surface area contributed by atoms with Crippen LogP contribution in [-0.4, -0.2) is 42.1 Å². The molecule has 0 saturated carbocycles. The van der Waals surface area contributed by atoms with Crippen molar-refractivity contribution in [2.45, 2.75) is 20.8 Å². The van der Waals surface area contributed by atoms with Crippen LogP contribution >= 0.6 is 0 Å². The third-order valence-electron chi connectivity index (χ3n) is 3.50. The zero-order chi connectivity index (χ0) is 19.1. The summed E-state index contributed by atoms with van der Waals surface area (Å²) < 4.78 is 16.7. The number of nitrogens with zero attached hydrogens (tertiary/aromatic N) is 1. The molecular weight excluding hydrogens is 338 g/mol. The highest BCUT2D eigenvalue weighted by atomic mass is 16.5. The fourth-order valence-electron chi connectivity index (χ4n) is 2.55. The minimum atomic E-state index is -0.664. The third kappa shape index (κ3) is 3.93. The maximum absolute atomic E-state index is 12.5. The second-order valence-corrected chi connectivity index (χ2v) is 5.12. The number of carbonyl (C=O) groups excluding carboxylic acids is 3. The van der Waals surface area contributed by atoms with E-state index in [0.717, 1.165) is 0 Å².